The summed E-state index contributed by atoms with van der Waals surface area (Å²) in [5.41, 5.74) is -3.01. The van der Waals surface area contributed by atoms with Gasteiger partial charge in [-0.25, -0.2) is 4.79 Å². The molecule has 1 atom stereocenters. The molecule has 0 aliphatic carbocycles. The molecule has 4 N–H and O–H groups in total. The summed E-state index contributed by atoms with van der Waals surface area (Å²) in [6.45, 7) is 2.53. The van der Waals surface area contributed by atoms with Gasteiger partial charge in [-0.15, -0.1) is 0 Å². The normalized spacial score (nSPS) is 12.3. The van der Waals surface area contributed by atoms with E-state index < -0.39 is 36.9 Å². The first kappa shape index (κ1) is 30.7. The van der Waals surface area contributed by atoms with E-state index in [1.54, 1.807) is 24.3 Å². The van der Waals surface area contributed by atoms with E-state index in [2.05, 4.69) is 10.6 Å². The van der Waals surface area contributed by atoms with Crippen molar-refractivity contribution in [1.29, 1.82) is 0 Å². The van der Waals surface area contributed by atoms with Crippen LogP contribution in [0.3, 0.4) is 0 Å². The summed E-state index contributed by atoms with van der Waals surface area (Å²) in [5, 5.41) is 5.22. The molecule has 0 aromatic heterocycles. The second kappa shape index (κ2) is 14.0. The largest absolute Gasteiger partial charge is 0.494 e. The van der Waals surface area contributed by atoms with Crippen molar-refractivity contribution in [2.45, 2.75) is 38.1 Å². The number of ether oxygens (including phenoxy) is 2. The van der Waals surface area contributed by atoms with E-state index in [9.17, 15) is 22.9 Å². The van der Waals surface area contributed by atoms with Crippen LogP contribution in [0, 0.1) is 6.92 Å². The standard InChI is InChI=1S/C28H31F2N2O7P/c1-20-8-14-24(15-9-20)38-17-5-16-31-26(33)25(32-27(34)39-19-22-6-3-2-4-7-22)18-21-10-12-23(13-11-21)28(29,30)40(35,36)37/h2-4,6-15,25H,5,16-19H2,1H3,(H,31,33)(H,32,34)(H2,35,36,37). The summed E-state index contributed by atoms with van der Waals surface area (Å²) in [6.07, 6.45) is -0.457. The molecule has 0 bridgehead atoms. The topological polar surface area (TPSA) is 134 Å². The second-order valence-electron chi connectivity index (χ2n) is 9.05. The van der Waals surface area contributed by atoms with Crippen molar-refractivity contribution in [2.75, 3.05) is 13.2 Å². The van der Waals surface area contributed by atoms with Crippen LogP contribution in [0.4, 0.5) is 13.6 Å². The average Bonchev–Trinajstić information content (AvgIpc) is 2.92. The van der Waals surface area contributed by atoms with Crippen LogP contribution in [0.15, 0.2) is 78.9 Å². The van der Waals surface area contributed by atoms with E-state index in [0.29, 0.717) is 24.3 Å². The highest BCUT2D eigenvalue weighted by atomic mass is 31.2. The van der Waals surface area contributed by atoms with Crippen LogP contribution in [-0.4, -0.2) is 41.0 Å². The minimum atomic E-state index is -5.72. The zero-order valence-corrected chi connectivity index (χ0v) is 22.7. The molecule has 0 aliphatic rings. The average molecular weight is 577 g/mol. The molecule has 3 aromatic rings. The van der Waals surface area contributed by atoms with E-state index in [1.165, 1.54) is 12.1 Å². The van der Waals surface area contributed by atoms with Crippen molar-refractivity contribution in [3.05, 3.63) is 101 Å². The zero-order valence-electron chi connectivity index (χ0n) is 21.8. The Morgan fingerprint density at radius 3 is 2.23 bits per heavy atom. The van der Waals surface area contributed by atoms with Gasteiger partial charge in [0.25, 0.3) is 0 Å². The molecule has 214 valence electrons. The third-order valence-electron chi connectivity index (χ3n) is 5.84. The number of rotatable bonds is 13. The third-order valence-corrected chi connectivity index (χ3v) is 6.83. The zero-order chi connectivity index (χ0) is 29.2. The van der Waals surface area contributed by atoms with Crippen molar-refractivity contribution in [2.24, 2.45) is 0 Å². The first-order valence-electron chi connectivity index (χ1n) is 12.4. The van der Waals surface area contributed by atoms with Crippen molar-refractivity contribution in [3.63, 3.8) is 0 Å². The first-order chi connectivity index (χ1) is 19.0. The molecular weight excluding hydrogens is 545 g/mol. The fourth-order valence-corrected chi connectivity index (χ4v) is 4.08. The molecule has 0 fully saturated rings. The van der Waals surface area contributed by atoms with E-state index in [1.807, 2.05) is 37.3 Å². The van der Waals surface area contributed by atoms with E-state index in [4.69, 9.17) is 19.3 Å². The predicted octanol–water partition coefficient (Wildman–Crippen LogP) is 4.64. The molecule has 3 rings (SSSR count). The minimum Gasteiger partial charge on any atom is -0.494 e. The molecular formula is C28H31F2N2O7P. The fraction of sp³-hybridized carbons (Fsp3) is 0.286. The Labute approximate surface area is 230 Å². The Morgan fingerprint density at radius 2 is 1.60 bits per heavy atom. The second-order valence-corrected chi connectivity index (χ2v) is 10.7. The number of hydrogen-bond donors (Lipinski definition) is 4. The van der Waals surface area contributed by atoms with Crippen LogP contribution in [-0.2, 0) is 32.8 Å². The molecule has 40 heavy (non-hydrogen) atoms. The number of carbonyl (C=O) groups excluding carboxylic acids is 2. The lowest BCUT2D eigenvalue weighted by Gasteiger charge is -2.20. The van der Waals surface area contributed by atoms with Gasteiger partial charge in [-0.1, -0.05) is 72.3 Å². The lowest BCUT2D eigenvalue weighted by Crippen LogP contribution is -2.48. The molecule has 12 heteroatoms. The number of hydrogen-bond acceptors (Lipinski definition) is 5. The minimum absolute atomic E-state index is 0.0243. The van der Waals surface area contributed by atoms with Crippen LogP contribution >= 0.6 is 7.60 Å². The van der Waals surface area contributed by atoms with Crippen molar-refractivity contribution in [1.82, 2.24) is 10.6 Å². The van der Waals surface area contributed by atoms with Gasteiger partial charge in [-0.3, -0.25) is 9.36 Å². The Kier molecular flexibility index (Phi) is 10.8. The van der Waals surface area contributed by atoms with Gasteiger partial charge < -0.3 is 29.9 Å². The van der Waals surface area contributed by atoms with Crippen LogP contribution in [0.5, 0.6) is 5.75 Å². The molecule has 9 nitrogen and oxygen atoms in total. The summed E-state index contributed by atoms with van der Waals surface area (Å²) in [7, 11) is -5.72. The maximum atomic E-state index is 14.0. The van der Waals surface area contributed by atoms with Gasteiger partial charge in [0.2, 0.25) is 5.91 Å². The summed E-state index contributed by atoms with van der Waals surface area (Å²) in [5.74, 6) is 0.169. The number of amides is 2. The van der Waals surface area contributed by atoms with E-state index >= 15 is 0 Å². The highest BCUT2D eigenvalue weighted by Crippen LogP contribution is 2.59. The maximum absolute atomic E-state index is 14.0. The van der Waals surface area contributed by atoms with E-state index in [-0.39, 0.29) is 19.6 Å². The molecule has 1 unspecified atom stereocenters. The van der Waals surface area contributed by atoms with Crippen LogP contribution < -0.4 is 15.4 Å². The molecule has 0 spiro atoms. The summed E-state index contributed by atoms with van der Waals surface area (Å²) in [6, 6.07) is 19.5. The van der Waals surface area contributed by atoms with Crippen LogP contribution in [0.1, 0.15) is 28.7 Å². The van der Waals surface area contributed by atoms with E-state index in [0.717, 1.165) is 23.3 Å². The van der Waals surface area contributed by atoms with Gasteiger partial charge in [-0.05, 0) is 36.6 Å². The lowest BCUT2D eigenvalue weighted by molar-refractivity contribution is -0.123. The van der Waals surface area contributed by atoms with Crippen molar-refractivity contribution < 1.29 is 42.2 Å². The molecule has 0 saturated heterocycles. The number of nitrogens with one attached hydrogen (secondary N) is 2. The molecule has 3 aromatic carbocycles. The number of carbonyl (C=O) groups is 2. The molecule has 0 aliphatic heterocycles. The van der Waals surface area contributed by atoms with Gasteiger partial charge in [0.05, 0.1) is 6.61 Å². The number of aryl methyl sites for hydroxylation is 1. The Balaban J connectivity index is 1.61. The first-order valence-corrected chi connectivity index (χ1v) is 14.0. The van der Waals surface area contributed by atoms with Gasteiger partial charge >= 0.3 is 19.4 Å². The summed E-state index contributed by atoms with van der Waals surface area (Å²) >= 11 is 0. The maximum Gasteiger partial charge on any atom is 0.408 e. The number of alkyl carbamates (subject to hydrolysis) is 1. The molecule has 0 saturated carbocycles. The summed E-state index contributed by atoms with van der Waals surface area (Å²) in [4.78, 5) is 43.3. The lowest BCUT2D eigenvalue weighted by atomic mass is 10.0. The third kappa shape index (κ3) is 9.15. The number of benzene rings is 3. The van der Waals surface area contributed by atoms with Crippen LogP contribution in [0.25, 0.3) is 0 Å². The van der Waals surface area contributed by atoms with Crippen molar-refractivity contribution in [3.8, 4) is 5.75 Å². The van der Waals surface area contributed by atoms with Crippen molar-refractivity contribution >= 4 is 19.6 Å². The predicted molar refractivity (Wildman–Crippen MR) is 144 cm³/mol. The van der Waals surface area contributed by atoms with Gasteiger partial charge in [0.1, 0.15) is 18.4 Å². The molecule has 0 heterocycles. The highest BCUT2D eigenvalue weighted by molar-refractivity contribution is 7.52. The fourth-order valence-electron chi connectivity index (χ4n) is 3.59. The quantitative estimate of drug-likeness (QED) is 0.172. The SMILES string of the molecule is Cc1ccc(OCCCNC(=O)C(Cc2ccc(C(F)(F)P(=O)(O)O)cc2)NC(=O)OCc2ccccc2)cc1. The number of alkyl halides is 2. The molecule has 2 amide bonds. The Hall–Kier alpha value is -3.79. The Morgan fingerprint density at radius 1 is 0.950 bits per heavy atom. The monoisotopic (exact) mass is 576 g/mol. The smallest absolute Gasteiger partial charge is 0.408 e. The van der Waals surface area contributed by atoms with Gasteiger partial charge in [0.15, 0.2) is 0 Å². The van der Waals surface area contributed by atoms with Gasteiger partial charge in [0, 0.05) is 18.5 Å². The summed E-state index contributed by atoms with van der Waals surface area (Å²) < 4.78 is 50.0. The highest BCUT2D eigenvalue weighted by Gasteiger charge is 2.50. The number of halogens is 2. The Bertz CT molecular complexity index is 1300. The molecule has 0 radical (unpaired) electrons. The van der Waals surface area contributed by atoms with Crippen LogP contribution in [0.2, 0.25) is 0 Å². The van der Waals surface area contributed by atoms with Gasteiger partial charge in [-0.2, -0.15) is 8.78 Å².